The third-order valence-electron chi connectivity index (χ3n) is 3.86. The molecule has 0 amide bonds. The lowest BCUT2D eigenvalue weighted by molar-refractivity contribution is 0.475. The fourth-order valence-electron chi connectivity index (χ4n) is 2.53. The summed E-state index contributed by atoms with van der Waals surface area (Å²) in [5, 5.41) is 3.72. The van der Waals surface area contributed by atoms with Gasteiger partial charge in [-0.1, -0.05) is 61.5 Å². The Kier molecular flexibility index (Phi) is 6.34. The largest absolute Gasteiger partial charge is 0.307 e. The minimum atomic E-state index is 0.395. The molecule has 0 spiro atoms. The molecule has 2 atom stereocenters. The van der Waals surface area contributed by atoms with Crippen LogP contribution in [0, 0.1) is 0 Å². The van der Waals surface area contributed by atoms with Crippen LogP contribution in [-0.4, -0.2) is 18.1 Å². The Balaban J connectivity index is 2.04. The molecule has 0 aliphatic heterocycles. The van der Waals surface area contributed by atoms with Gasteiger partial charge < -0.3 is 5.32 Å². The van der Waals surface area contributed by atoms with E-state index in [1.54, 1.807) is 0 Å². The molecule has 0 heterocycles. The van der Waals surface area contributed by atoms with Gasteiger partial charge in [0, 0.05) is 17.8 Å². The first-order valence-electron chi connectivity index (χ1n) is 7.65. The molecule has 2 rings (SSSR count). The molecule has 2 unspecified atom stereocenters. The predicted octanol–water partition coefficient (Wildman–Crippen LogP) is 5.15. The number of thioether (sulfide) groups is 1. The highest BCUT2D eigenvalue weighted by atomic mass is 32.2. The molecule has 2 aromatic rings. The standard InChI is InChI=1S/C19H25NS/c1-4-19(14-21-3)20-15(2)16-10-12-18(13-11-16)17-8-6-5-7-9-17/h5-13,15,19-20H,4,14H2,1-3H3. The summed E-state index contributed by atoms with van der Waals surface area (Å²) in [6, 6.07) is 20.4. The molecule has 21 heavy (non-hydrogen) atoms. The SMILES string of the molecule is CCC(CSC)NC(C)c1ccc(-c2ccccc2)cc1. The van der Waals surface area contributed by atoms with Gasteiger partial charge in [-0.05, 0) is 36.3 Å². The Morgan fingerprint density at radius 3 is 2.14 bits per heavy atom. The van der Waals surface area contributed by atoms with Crippen molar-refractivity contribution in [1.82, 2.24) is 5.32 Å². The fourth-order valence-corrected chi connectivity index (χ4v) is 3.26. The van der Waals surface area contributed by atoms with Crippen LogP contribution in [0.25, 0.3) is 11.1 Å². The third kappa shape index (κ3) is 4.62. The van der Waals surface area contributed by atoms with E-state index < -0.39 is 0 Å². The molecule has 1 N–H and O–H groups in total. The second-order valence-electron chi connectivity index (χ2n) is 5.44. The van der Waals surface area contributed by atoms with Crippen LogP contribution >= 0.6 is 11.8 Å². The van der Waals surface area contributed by atoms with Crippen molar-refractivity contribution >= 4 is 11.8 Å². The molecule has 0 aliphatic carbocycles. The molecule has 1 nitrogen and oxygen atoms in total. The molecule has 0 saturated heterocycles. The van der Waals surface area contributed by atoms with Gasteiger partial charge in [0.25, 0.3) is 0 Å². The Hall–Kier alpha value is -1.25. The van der Waals surface area contributed by atoms with Crippen molar-refractivity contribution in [1.29, 1.82) is 0 Å². The highest BCUT2D eigenvalue weighted by Crippen LogP contribution is 2.22. The van der Waals surface area contributed by atoms with Crippen molar-refractivity contribution in [3.63, 3.8) is 0 Å². The van der Waals surface area contributed by atoms with Crippen molar-refractivity contribution in [2.45, 2.75) is 32.4 Å². The summed E-state index contributed by atoms with van der Waals surface area (Å²) >= 11 is 1.91. The van der Waals surface area contributed by atoms with Crippen LogP contribution in [0.1, 0.15) is 31.9 Å². The zero-order valence-electron chi connectivity index (χ0n) is 13.2. The highest BCUT2D eigenvalue weighted by Gasteiger charge is 2.11. The maximum absolute atomic E-state index is 3.72. The van der Waals surface area contributed by atoms with Crippen molar-refractivity contribution in [3.8, 4) is 11.1 Å². The molecule has 112 valence electrons. The summed E-state index contributed by atoms with van der Waals surface area (Å²) in [4.78, 5) is 0. The summed E-state index contributed by atoms with van der Waals surface area (Å²) in [7, 11) is 0. The van der Waals surface area contributed by atoms with Gasteiger partial charge in [0.05, 0.1) is 0 Å². The number of rotatable bonds is 7. The summed E-state index contributed by atoms with van der Waals surface area (Å²) in [6.07, 6.45) is 3.34. The smallest absolute Gasteiger partial charge is 0.0294 e. The topological polar surface area (TPSA) is 12.0 Å². The Morgan fingerprint density at radius 1 is 0.952 bits per heavy atom. The van der Waals surface area contributed by atoms with E-state index in [2.05, 4.69) is 80.0 Å². The van der Waals surface area contributed by atoms with E-state index in [0.29, 0.717) is 12.1 Å². The third-order valence-corrected chi connectivity index (χ3v) is 4.60. The van der Waals surface area contributed by atoms with Crippen LogP contribution in [0.3, 0.4) is 0 Å². The predicted molar refractivity (Wildman–Crippen MR) is 95.9 cm³/mol. The molecular formula is C19H25NS. The number of hydrogen-bond donors (Lipinski definition) is 1. The fraction of sp³-hybridized carbons (Fsp3) is 0.368. The van der Waals surface area contributed by atoms with E-state index in [1.807, 2.05) is 11.8 Å². The van der Waals surface area contributed by atoms with Crippen LogP contribution in [0.4, 0.5) is 0 Å². The molecule has 0 fully saturated rings. The van der Waals surface area contributed by atoms with Crippen molar-refractivity contribution in [2.24, 2.45) is 0 Å². The van der Waals surface area contributed by atoms with E-state index in [0.717, 1.165) is 0 Å². The molecule has 2 aromatic carbocycles. The molecule has 2 heteroatoms. The number of benzene rings is 2. The van der Waals surface area contributed by atoms with Crippen LogP contribution in [0.2, 0.25) is 0 Å². The van der Waals surface area contributed by atoms with Gasteiger partial charge in [0.15, 0.2) is 0 Å². The molecule has 0 aromatic heterocycles. The first-order chi connectivity index (χ1) is 10.2. The van der Waals surface area contributed by atoms with Crippen LogP contribution in [0.15, 0.2) is 54.6 Å². The molecule has 0 bridgehead atoms. The van der Waals surface area contributed by atoms with Crippen LogP contribution in [0.5, 0.6) is 0 Å². The Morgan fingerprint density at radius 2 is 1.57 bits per heavy atom. The van der Waals surface area contributed by atoms with Crippen molar-refractivity contribution < 1.29 is 0 Å². The molecular weight excluding hydrogens is 274 g/mol. The first-order valence-corrected chi connectivity index (χ1v) is 9.04. The van der Waals surface area contributed by atoms with Gasteiger partial charge in [-0.2, -0.15) is 11.8 Å². The zero-order chi connectivity index (χ0) is 15.1. The summed E-state index contributed by atoms with van der Waals surface area (Å²) in [6.45, 7) is 4.50. The van der Waals surface area contributed by atoms with Gasteiger partial charge in [-0.3, -0.25) is 0 Å². The molecule has 0 aliphatic rings. The molecule has 0 radical (unpaired) electrons. The van der Waals surface area contributed by atoms with Crippen LogP contribution in [-0.2, 0) is 0 Å². The Labute approximate surface area is 133 Å². The van der Waals surface area contributed by atoms with Crippen LogP contribution < -0.4 is 5.32 Å². The lowest BCUT2D eigenvalue weighted by atomic mass is 10.0. The first kappa shape index (κ1) is 16.1. The Bertz CT molecular complexity index is 521. The molecule has 0 saturated carbocycles. The van der Waals surface area contributed by atoms with Gasteiger partial charge in [-0.25, -0.2) is 0 Å². The van der Waals surface area contributed by atoms with Gasteiger partial charge in [0.1, 0.15) is 0 Å². The van der Waals surface area contributed by atoms with Gasteiger partial charge in [0.2, 0.25) is 0 Å². The number of hydrogen-bond acceptors (Lipinski definition) is 2. The number of nitrogens with one attached hydrogen (secondary N) is 1. The van der Waals surface area contributed by atoms with Gasteiger partial charge >= 0.3 is 0 Å². The minimum absolute atomic E-state index is 0.395. The minimum Gasteiger partial charge on any atom is -0.307 e. The monoisotopic (exact) mass is 299 g/mol. The maximum atomic E-state index is 3.72. The second-order valence-corrected chi connectivity index (χ2v) is 6.35. The maximum Gasteiger partial charge on any atom is 0.0294 e. The second kappa shape index (κ2) is 8.26. The average molecular weight is 299 g/mol. The van der Waals surface area contributed by atoms with Gasteiger partial charge in [-0.15, -0.1) is 0 Å². The summed E-state index contributed by atoms with van der Waals surface area (Å²) in [5.74, 6) is 1.17. The van der Waals surface area contributed by atoms with E-state index in [-0.39, 0.29) is 0 Å². The van der Waals surface area contributed by atoms with E-state index in [1.165, 1.54) is 28.9 Å². The lowest BCUT2D eigenvalue weighted by Crippen LogP contribution is -2.32. The van der Waals surface area contributed by atoms with E-state index in [4.69, 9.17) is 0 Å². The van der Waals surface area contributed by atoms with Crippen molar-refractivity contribution in [3.05, 3.63) is 60.2 Å². The van der Waals surface area contributed by atoms with E-state index in [9.17, 15) is 0 Å². The van der Waals surface area contributed by atoms with Crippen molar-refractivity contribution in [2.75, 3.05) is 12.0 Å². The lowest BCUT2D eigenvalue weighted by Gasteiger charge is -2.22. The summed E-state index contributed by atoms with van der Waals surface area (Å²) in [5.41, 5.74) is 3.91. The van der Waals surface area contributed by atoms with E-state index >= 15 is 0 Å². The summed E-state index contributed by atoms with van der Waals surface area (Å²) < 4.78 is 0. The highest BCUT2D eigenvalue weighted by molar-refractivity contribution is 7.98. The quantitative estimate of drug-likeness (QED) is 0.759. The normalized spacial score (nSPS) is 13.9. The zero-order valence-corrected chi connectivity index (χ0v) is 14.0. The average Bonchev–Trinajstić information content (AvgIpc) is 2.55.